The van der Waals surface area contributed by atoms with E-state index in [1.165, 1.54) is 0 Å². The van der Waals surface area contributed by atoms with Crippen LogP contribution in [0.2, 0.25) is 0 Å². The minimum atomic E-state index is -2.04. The van der Waals surface area contributed by atoms with Gasteiger partial charge in [-0.1, -0.05) is 0 Å². The van der Waals surface area contributed by atoms with Gasteiger partial charge in [0.05, 0.1) is 11.4 Å². The molecule has 0 aromatic rings. The summed E-state index contributed by atoms with van der Waals surface area (Å²) in [6, 6.07) is 0. The quantitative estimate of drug-likeness (QED) is 0.112. The lowest BCUT2D eigenvalue weighted by Crippen LogP contribution is -2.41. The highest BCUT2D eigenvalue weighted by atomic mass is 28.2. The van der Waals surface area contributed by atoms with Gasteiger partial charge in [0.25, 0.3) is 0 Å². The zero-order chi connectivity index (χ0) is 26.4. The van der Waals surface area contributed by atoms with E-state index in [1.807, 2.05) is 0 Å². The van der Waals surface area contributed by atoms with Crippen molar-refractivity contribution in [2.24, 2.45) is 0 Å². The van der Waals surface area contributed by atoms with Gasteiger partial charge in [-0.3, -0.25) is 19.2 Å². The van der Waals surface area contributed by atoms with Crippen LogP contribution in [0.5, 0.6) is 0 Å². The van der Waals surface area contributed by atoms with Crippen LogP contribution in [0, 0.1) is 0 Å². The average molecular weight is 497 g/mol. The molecule has 0 aliphatic carbocycles. The van der Waals surface area contributed by atoms with E-state index in [0.717, 1.165) is 0 Å². The molecule has 0 aromatic carbocycles. The zero-order valence-electron chi connectivity index (χ0n) is 18.9. The second-order valence-corrected chi connectivity index (χ2v) is 5.36. The molecule has 4 atom stereocenters. The minimum absolute atomic E-state index is 0.0278. The molecule has 18 heteroatoms. The van der Waals surface area contributed by atoms with E-state index >= 15 is 0 Å². The molecule has 14 nitrogen and oxygen atoms in total. The first-order valence-electron chi connectivity index (χ1n) is 9.76. The first-order valence-corrected chi connectivity index (χ1v) is 9.24. The summed E-state index contributed by atoms with van der Waals surface area (Å²) in [6.45, 7) is 0. The Labute approximate surface area is 181 Å². The lowest BCUT2D eigenvalue weighted by Gasteiger charge is -2.13. The molecule has 0 aliphatic rings. The monoisotopic (exact) mass is 496 g/mol. The fourth-order valence-electron chi connectivity index (χ4n) is 0.896. The summed E-state index contributed by atoms with van der Waals surface area (Å²) in [5.41, 5.74) is 0. The van der Waals surface area contributed by atoms with Crippen molar-refractivity contribution in [1.82, 2.24) is 0 Å². The molecule has 0 saturated heterocycles. The summed E-state index contributed by atoms with van der Waals surface area (Å²) in [4.78, 5) is 61.3. The predicted molar refractivity (Wildman–Crippen MR) is 105 cm³/mol. The second kappa shape index (κ2) is 19.3. The Bertz CT molecular complexity index is 524. The number of hydrogen-bond acceptors (Lipinski definition) is 14. The fraction of sp³-hybridized carbons (Fsp3) is 0.455. The third-order valence-electron chi connectivity index (χ3n) is 2.33. The smallest absolute Gasteiger partial charge is 0.324 e. The van der Waals surface area contributed by atoms with Gasteiger partial charge in [0, 0.05) is 0 Å². The van der Waals surface area contributed by atoms with Crippen molar-refractivity contribution in [1.29, 1.82) is 4.94 Å². The molecule has 168 valence electrons. The molecular weight excluding hydrogens is 468 g/mol. The molecule has 29 heavy (non-hydrogen) atoms. The SMILES string of the molecule is O=CCC=O.[2H][SiH2]OC(=O)C(O)C(O)C(=O)O[SiH2][2H].[2H][SiH2]OC(=O)C(O)C(O)C(=O)O[SiH2][2H]. The molecule has 0 heterocycles. The summed E-state index contributed by atoms with van der Waals surface area (Å²) in [5, 5.41) is 35.9. The number of aliphatic hydroxyl groups is 4. The lowest BCUT2D eigenvalue weighted by atomic mass is 10.2. The molecule has 4 N–H and O–H groups in total. The van der Waals surface area contributed by atoms with Crippen LogP contribution >= 0.6 is 0 Å². The Balaban J connectivity index is -0.000000453. The van der Waals surface area contributed by atoms with Crippen LogP contribution in [0.4, 0.5) is 0 Å². The van der Waals surface area contributed by atoms with Crippen LogP contribution in [-0.2, 0) is 46.5 Å². The first kappa shape index (κ1) is 23.2. The predicted octanol–water partition coefficient (Wildman–Crippen LogP) is -9.51. The Morgan fingerprint density at radius 1 is 0.655 bits per heavy atom. The molecule has 0 spiro atoms. The maximum absolute atomic E-state index is 10.7. The lowest BCUT2D eigenvalue weighted by molar-refractivity contribution is -0.162. The van der Waals surface area contributed by atoms with Crippen molar-refractivity contribution < 1.29 is 66.9 Å². The Morgan fingerprint density at radius 2 is 0.862 bits per heavy atom. The number of hydrogen-bond donors (Lipinski definition) is 4. The van der Waals surface area contributed by atoms with Crippen molar-refractivity contribution in [3.05, 3.63) is 0 Å². The molecule has 0 rings (SSSR count). The van der Waals surface area contributed by atoms with Gasteiger partial charge in [0.1, 0.15) is 12.6 Å². The highest BCUT2D eigenvalue weighted by Crippen LogP contribution is 1.98. The fourth-order valence-corrected chi connectivity index (χ4v) is 1.58. The van der Waals surface area contributed by atoms with Crippen LogP contribution in [0.25, 0.3) is 0 Å². The number of aldehydes is 2. The van der Waals surface area contributed by atoms with Crippen LogP contribution in [0.3, 0.4) is 0 Å². The third-order valence-corrected chi connectivity index (χ3v) is 3.46. The van der Waals surface area contributed by atoms with Gasteiger partial charge in [-0.05, 0) is 0 Å². The van der Waals surface area contributed by atoms with Gasteiger partial charge in [-0.2, -0.15) is 0 Å². The van der Waals surface area contributed by atoms with Crippen molar-refractivity contribution in [3.8, 4) is 0 Å². The average Bonchev–Trinajstić information content (AvgIpc) is 2.79. The van der Waals surface area contributed by atoms with E-state index in [2.05, 4.69) is 17.7 Å². The molecule has 0 amide bonds. The molecule has 0 fully saturated rings. The summed E-state index contributed by atoms with van der Waals surface area (Å²) in [7, 11) is -7.18. The minimum Gasteiger partial charge on any atom is -0.527 e. The normalized spacial score (nSPS) is 16.7. The van der Waals surface area contributed by atoms with Crippen molar-refractivity contribution in [2.75, 3.05) is 0 Å². The second-order valence-electron chi connectivity index (χ2n) is 4.20. The molecular formula is C11H24O14Si4. The van der Waals surface area contributed by atoms with E-state index in [0.29, 0.717) is 12.6 Å². The Morgan fingerprint density at radius 3 is 0.966 bits per heavy atom. The van der Waals surface area contributed by atoms with Crippen LogP contribution < -0.4 is 0 Å². The van der Waals surface area contributed by atoms with Gasteiger partial charge in [-0.15, -0.1) is 0 Å². The van der Waals surface area contributed by atoms with Gasteiger partial charge >= 0.3 is 23.9 Å². The van der Waals surface area contributed by atoms with Gasteiger partial charge in [0.15, 0.2) is 24.4 Å². The van der Waals surface area contributed by atoms with E-state index in [4.69, 9.17) is 25.4 Å². The summed E-state index contributed by atoms with van der Waals surface area (Å²) in [6.07, 6.45) is -7.01. The molecule has 0 bridgehead atoms. The maximum atomic E-state index is 10.7. The van der Waals surface area contributed by atoms with Crippen LogP contribution in [-0.4, -0.2) is 128 Å². The highest BCUT2D eigenvalue weighted by Gasteiger charge is 2.31. The summed E-state index contributed by atoms with van der Waals surface area (Å²) >= 11 is 0. The van der Waals surface area contributed by atoms with Crippen molar-refractivity contribution in [3.63, 3.8) is 0 Å². The molecule has 0 aliphatic heterocycles. The summed E-state index contributed by atoms with van der Waals surface area (Å²) in [5.74, 6) is -4.88. The first-order chi connectivity index (χ1) is 15.5. The maximum Gasteiger partial charge on any atom is 0.324 e. The number of aliphatic hydroxyl groups excluding tert-OH is 4. The number of rotatable bonds is 12. The molecule has 0 saturated carbocycles. The summed E-state index contributed by atoms with van der Waals surface area (Å²) < 4.78 is 43.1. The molecule has 0 radical (unpaired) electrons. The largest absolute Gasteiger partial charge is 0.527 e. The van der Waals surface area contributed by atoms with Crippen molar-refractivity contribution >= 4 is 78.1 Å². The van der Waals surface area contributed by atoms with E-state index in [9.17, 15) is 28.8 Å². The van der Waals surface area contributed by atoms with Crippen LogP contribution in [0.15, 0.2) is 0 Å². The third kappa shape index (κ3) is 14.6. The Kier molecular flexibility index (Phi) is 15.4. The number of carbonyl (C=O) groups excluding carboxylic acids is 6. The molecule has 4 unspecified atom stereocenters. The Hall–Kier alpha value is -2.07. The topological polar surface area (TPSA) is 220 Å². The number of carbonyl (C=O) groups is 6. The molecule has 0 aromatic heterocycles. The van der Waals surface area contributed by atoms with Gasteiger partial charge < -0.3 is 47.7 Å². The zero-order valence-corrected chi connectivity index (χ0v) is 20.5. The van der Waals surface area contributed by atoms with E-state index in [-0.39, 0.29) is 6.42 Å². The van der Waals surface area contributed by atoms with Gasteiger partial charge in [0.2, 0.25) is 41.7 Å². The van der Waals surface area contributed by atoms with Gasteiger partial charge in [-0.25, -0.2) is 0 Å². The highest BCUT2D eigenvalue weighted by molar-refractivity contribution is 6.09. The van der Waals surface area contributed by atoms with Crippen molar-refractivity contribution in [2.45, 2.75) is 30.8 Å². The van der Waals surface area contributed by atoms with E-state index in [1.54, 1.807) is 0 Å². The van der Waals surface area contributed by atoms with Crippen LogP contribution in [0.1, 0.15) is 6.42 Å². The van der Waals surface area contributed by atoms with E-state index < -0.39 is 90.0 Å². The standard InChI is InChI=1S/2C4H10O6Si2.C3H4O2/c2*5-1(3(7)9-11)2(6)4(8)10-12;4-2-1-3-5/h2*1-2,5-6H,11-12H3;2-3H,1H2/i2*11D,12D;.